The van der Waals surface area contributed by atoms with E-state index >= 15 is 0 Å². The minimum absolute atomic E-state index is 0.117. The molecular weight excluding hydrogens is 324 g/mol. The highest BCUT2D eigenvalue weighted by Gasteiger charge is 2.01. The van der Waals surface area contributed by atoms with Crippen LogP contribution in [-0.2, 0) is 9.59 Å². The highest BCUT2D eigenvalue weighted by molar-refractivity contribution is 9.10. The van der Waals surface area contributed by atoms with Crippen molar-refractivity contribution in [3.8, 4) is 5.75 Å². The summed E-state index contributed by atoms with van der Waals surface area (Å²) in [5, 5.41) is 5.26. The van der Waals surface area contributed by atoms with Gasteiger partial charge in [0, 0.05) is 36.1 Å². The van der Waals surface area contributed by atoms with Crippen LogP contribution in [0.1, 0.15) is 12.5 Å². The lowest BCUT2D eigenvalue weighted by Crippen LogP contribution is -2.32. The van der Waals surface area contributed by atoms with Crippen LogP contribution < -0.4 is 15.4 Å². The third kappa shape index (κ3) is 5.88. The first-order valence-electron chi connectivity index (χ1n) is 6.07. The maximum atomic E-state index is 11.6. The van der Waals surface area contributed by atoms with Crippen molar-refractivity contribution in [1.82, 2.24) is 10.6 Å². The summed E-state index contributed by atoms with van der Waals surface area (Å²) in [5.41, 5.74) is 0.805. The summed E-state index contributed by atoms with van der Waals surface area (Å²) in [6.45, 7) is 2.23. The fourth-order valence-electron chi connectivity index (χ4n) is 1.48. The van der Waals surface area contributed by atoms with Gasteiger partial charge in [0.25, 0.3) is 0 Å². The molecule has 0 atom stereocenters. The van der Waals surface area contributed by atoms with Crippen molar-refractivity contribution in [2.45, 2.75) is 6.92 Å². The number of hydrogen-bond donors (Lipinski definition) is 2. The summed E-state index contributed by atoms with van der Waals surface area (Å²) in [6.07, 6.45) is 3.11. The molecule has 0 radical (unpaired) electrons. The second-order valence-corrected chi connectivity index (χ2v) is 4.91. The summed E-state index contributed by atoms with van der Waals surface area (Å²) >= 11 is 3.37. The monoisotopic (exact) mass is 340 g/mol. The molecule has 5 nitrogen and oxygen atoms in total. The van der Waals surface area contributed by atoms with E-state index in [0.29, 0.717) is 18.8 Å². The quantitative estimate of drug-likeness (QED) is 0.612. The average molecular weight is 341 g/mol. The lowest BCUT2D eigenvalue weighted by molar-refractivity contribution is -0.119. The first kappa shape index (κ1) is 16.2. The molecule has 0 bridgehead atoms. The van der Waals surface area contributed by atoms with Crippen molar-refractivity contribution in [2.75, 3.05) is 20.2 Å². The van der Waals surface area contributed by atoms with Gasteiger partial charge < -0.3 is 15.4 Å². The second kappa shape index (κ2) is 8.37. The highest BCUT2D eigenvalue weighted by Crippen LogP contribution is 2.23. The van der Waals surface area contributed by atoms with Gasteiger partial charge in [-0.15, -0.1) is 0 Å². The predicted molar refractivity (Wildman–Crippen MR) is 81.4 cm³/mol. The molecule has 6 heteroatoms. The maximum Gasteiger partial charge on any atom is 0.244 e. The number of amides is 2. The molecule has 1 rings (SSSR count). The van der Waals surface area contributed by atoms with Gasteiger partial charge in [0.1, 0.15) is 5.75 Å². The van der Waals surface area contributed by atoms with Crippen molar-refractivity contribution in [3.05, 3.63) is 34.3 Å². The summed E-state index contributed by atoms with van der Waals surface area (Å²) in [6, 6.07) is 5.54. The smallest absolute Gasteiger partial charge is 0.244 e. The van der Waals surface area contributed by atoms with E-state index in [1.807, 2.05) is 18.2 Å². The molecule has 0 unspecified atom stereocenters. The van der Waals surface area contributed by atoms with Crippen LogP contribution in [0.15, 0.2) is 28.7 Å². The van der Waals surface area contributed by atoms with E-state index in [1.165, 1.54) is 13.0 Å². The summed E-state index contributed by atoms with van der Waals surface area (Å²) < 4.78 is 6.11. The van der Waals surface area contributed by atoms with Crippen LogP contribution in [-0.4, -0.2) is 32.0 Å². The van der Waals surface area contributed by atoms with Gasteiger partial charge in [0.2, 0.25) is 11.8 Å². The van der Waals surface area contributed by atoms with E-state index in [1.54, 1.807) is 13.2 Å². The molecule has 108 valence electrons. The number of ether oxygens (including phenoxy) is 1. The lowest BCUT2D eigenvalue weighted by Gasteiger charge is -2.05. The Hall–Kier alpha value is -1.82. The molecule has 1 aromatic carbocycles. The van der Waals surface area contributed by atoms with Crippen LogP contribution in [0.25, 0.3) is 6.08 Å². The van der Waals surface area contributed by atoms with Gasteiger partial charge in [-0.05, 0) is 24.3 Å². The molecule has 0 aliphatic heterocycles. The zero-order valence-electron chi connectivity index (χ0n) is 11.4. The third-order valence-electron chi connectivity index (χ3n) is 2.40. The summed E-state index contributed by atoms with van der Waals surface area (Å²) in [5.74, 6) is 0.349. The number of rotatable bonds is 6. The molecule has 2 N–H and O–H groups in total. The van der Waals surface area contributed by atoms with Gasteiger partial charge in [-0.1, -0.05) is 15.9 Å². The summed E-state index contributed by atoms with van der Waals surface area (Å²) in [4.78, 5) is 22.2. The van der Waals surface area contributed by atoms with E-state index in [0.717, 1.165) is 10.0 Å². The molecule has 0 saturated heterocycles. The van der Waals surface area contributed by atoms with Gasteiger partial charge >= 0.3 is 0 Å². The molecule has 2 amide bonds. The first-order valence-corrected chi connectivity index (χ1v) is 6.86. The SMILES string of the molecule is COc1ccc(Br)cc1C=CC(=O)NCCNC(C)=O. The van der Waals surface area contributed by atoms with Gasteiger partial charge in [-0.3, -0.25) is 9.59 Å². The number of hydrogen-bond acceptors (Lipinski definition) is 3. The Labute approximate surface area is 126 Å². The van der Waals surface area contributed by atoms with Crippen molar-refractivity contribution in [2.24, 2.45) is 0 Å². The zero-order chi connectivity index (χ0) is 15.0. The number of benzene rings is 1. The largest absolute Gasteiger partial charge is 0.496 e. The first-order chi connectivity index (χ1) is 9.52. The number of methoxy groups -OCH3 is 1. The predicted octanol–water partition coefficient (Wildman–Crippen LogP) is 1.72. The molecule has 0 saturated carbocycles. The zero-order valence-corrected chi connectivity index (χ0v) is 13.0. The Morgan fingerprint density at radius 2 is 2.00 bits per heavy atom. The Balaban J connectivity index is 2.52. The number of nitrogens with one attached hydrogen (secondary N) is 2. The Morgan fingerprint density at radius 3 is 2.65 bits per heavy atom. The van der Waals surface area contributed by atoms with Gasteiger partial charge in [-0.2, -0.15) is 0 Å². The molecular formula is C14H17BrN2O3. The van der Waals surface area contributed by atoms with E-state index < -0.39 is 0 Å². The van der Waals surface area contributed by atoms with Crippen molar-refractivity contribution in [1.29, 1.82) is 0 Å². The minimum Gasteiger partial charge on any atom is -0.496 e. The van der Waals surface area contributed by atoms with Crippen molar-refractivity contribution >= 4 is 33.8 Å². The van der Waals surface area contributed by atoms with Crippen LogP contribution in [0, 0.1) is 0 Å². The van der Waals surface area contributed by atoms with Crippen LogP contribution in [0.4, 0.5) is 0 Å². The Bertz CT molecular complexity index is 515. The molecule has 0 aliphatic rings. The standard InChI is InChI=1S/C14H17BrN2O3/c1-10(18)16-7-8-17-14(19)6-3-11-9-12(15)4-5-13(11)20-2/h3-6,9H,7-8H2,1-2H3,(H,16,18)(H,17,19). The lowest BCUT2D eigenvalue weighted by atomic mass is 10.2. The third-order valence-corrected chi connectivity index (χ3v) is 2.90. The van der Waals surface area contributed by atoms with Crippen LogP contribution in [0.3, 0.4) is 0 Å². The minimum atomic E-state index is -0.225. The van der Waals surface area contributed by atoms with Crippen LogP contribution in [0.2, 0.25) is 0 Å². The number of halogens is 1. The fraction of sp³-hybridized carbons (Fsp3) is 0.286. The van der Waals surface area contributed by atoms with Gasteiger partial charge in [0.15, 0.2) is 0 Å². The van der Waals surface area contributed by atoms with Crippen molar-refractivity contribution < 1.29 is 14.3 Å². The Kier molecular flexibility index (Phi) is 6.79. The second-order valence-electron chi connectivity index (χ2n) is 3.99. The van der Waals surface area contributed by atoms with E-state index in [9.17, 15) is 9.59 Å². The van der Waals surface area contributed by atoms with Crippen LogP contribution in [0.5, 0.6) is 5.75 Å². The summed E-state index contributed by atoms with van der Waals surface area (Å²) in [7, 11) is 1.58. The van der Waals surface area contributed by atoms with Crippen molar-refractivity contribution in [3.63, 3.8) is 0 Å². The van der Waals surface area contributed by atoms with Gasteiger partial charge in [0.05, 0.1) is 7.11 Å². The highest BCUT2D eigenvalue weighted by atomic mass is 79.9. The molecule has 20 heavy (non-hydrogen) atoms. The van der Waals surface area contributed by atoms with Gasteiger partial charge in [-0.25, -0.2) is 0 Å². The number of carbonyl (C=O) groups is 2. The van der Waals surface area contributed by atoms with Crippen LogP contribution >= 0.6 is 15.9 Å². The molecule has 0 spiro atoms. The molecule has 0 aliphatic carbocycles. The molecule has 0 fully saturated rings. The fourth-order valence-corrected chi connectivity index (χ4v) is 1.86. The normalized spacial score (nSPS) is 10.3. The topological polar surface area (TPSA) is 67.4 Å². The van der Waals surface area contributed by atoms with E-state index in [4.69, 9.17) is 4.74 Å². The molecule has 0 aromatic heterocycles. The van der Waals surface area contributed by atoms with E-state index in [2.05, 4.69) is 26.6 Å². The number of carbonyl (C=O) groups excluding carboxylic acids is 2. The molecule has 1 aromatic rings. The average Bonchev–Trinajstić information content (AvgIpc) is 2.41. The molecule has 0 heterocycles. The Morgan fingerprint density at radius 1 is 1.30 bits per heavy atom. The van der Waals surface area contributed by atoms with E-state index in [-0.39, 0.29) is 11.8 Å². The maximum absolute atomic E-state index is 11.6.